The van der Waals surface area contributed by atoms with Crippen molar-refractivity contribution in [2.45, 2.75) is 13.3 Å². The topological polar surface area (TPSA) is 67.4 Å². The number of carbonyl (C=O) groups excluding carboxylic acids is 2. The molecule has 0 unspecified atom stereocenters. The average Bonchev–Trinajstić information content (AvgIpc) is 2.76. The Morgan fingerprint density at radius 3 is 2.50 bits per heavy atom. The normalized spacial score (nSPS) is 10.7. The maximum Gasteiger partial charge on any atom is 0.338 e. The molecule has 3 aromatic rings. The number of nitrogens with one attached hydrogen (secondary N) is 2. The van der Waals surface area contributed by atoms with E-state index in [1.807, 2.05) is 49.4 Å². The fourth-order valence-electron chi connectivity index (χ4n) is 2.84. The molecule has 5 nitrogen and oxygen atoms in total. The van der Waals surface area contributed by atoms with Crippen molar-refractivity contribution in [1.29, 1.82) is 0 Å². The third-order valence-electron chi connectivity index (χ3n) is 4.29. The predicted octanol–water partition coefficient (Wildman–Crippen LogP) is 4.93. The first-order valence-electron chi connectivity index (χ1n) is 9.62. The SMILES string of the molecule is CCCOC(=O)c1ccc(NC(=S)NC(=O)C=Cc2cccc3ccccc23)cc1. The van der Waals surface area contributed by atoms with Gasteiger partial charge in [0, 0.05) is 11.8 Å². The van der Waals surface area contributed by atoms with Crippen molar-refractivity contribution >= 4 is 51.7 Å². The molecular weight excluding hydrogens is 396 g/mol. The van der Waals surface area contributed by atoms with Crippen LogP contribution in [0.5, 0.6) is 0 Å². The molecule has 0 saturated carbocycles. The highest BCUT2D eigenvalue weighted by Gasteiger charge is 2.07. The molecule has 0 aromatic heterocycles. The van der Waals surface area contributed by atoms with Gasteiger partial charge < -0.3 is 10.1 Å². The van der Waals surface area contributed by atoms with Gasteiger partial charge in [-0.15, -0.1) is 0 Å². The summed E-state index contributed by atoms with van der Waals surface area (Å²) in [6.07, 6.45) is 3.98. The van der Waals surface area contributed by atoms with Gasteiger partial charge >= 0.3 is 5.97 Å². The van der Waals surface area contributed by atoms with Gasteiger partial charge in [0.2, 0.25) is 5.91 Å². The third-order valence-corrected chi connectivity index (χ3v) is 4.49. The summed E-state index contributed by atoms with van der Waals surface area (Å²) in [5, 5.41) is 7.89. The van der Waals surface area contributed by atoms with E-state index < -0.39 is 0 Å². The standard InChI is InChI=1S/C24H22N2O3S/c1-2-16-29-23(28)19-10-13-20(14-11-19)25-24(30)26-22(27)15-12-18-8-5-7-17-6-3-4-9-21(17)18/h3-15H,2,16H2,1H3,(H2,25,26,27,30). The highest BCUT2D eigenvalue weighted by molar-refractivity contribution is 7.80. The average molecular weight is 419 g/mol. The van der Waals surface area contributed by atoms with E-state index in [2.05, 4.69) is 10.6 Å². The van der Waals surface area contributed by atoms with Crippen LogP contribution in [0, 0.1) is 0 Å². The van der Waals surface area contributed by atoms with Crippen LogP contribution in [-0.4, -0.2) is 23.6 Å². The summed E-state index contributed by atoms with van der Waals surface area (Å²) in [5.74, 6) is -0.696. The summed E-state index contributed by atoms with van der Waals surface area (Å²) in [6.45, 7) is 2.33. The molecule has 0 bridgehead atoms. The minimum absolute atomic E-state index is 0.170. The fraction of sp³-hybridized carbons (Fsp3) is 0.125. The lowest BCUT2D eigenvalue weighted by molar-refractivity contribution is -0.115. The van der Waals surface area contributed by atoms with Gasteiger partial charge in [0.05, 0.1) is 12.2 Å². The van der Waals surface area contributed by atoms with E-state index in [-0.39, 0.29) is 17.0 Å². The molecular formula is C24H22N2O3S. The van der Waals surface area contributed by atoms with Gasteiger partial charge in [-0.1, -0.05) is 49.4 Å². The monoisotopic (exact) mass is 418 g/mol. The Morgan fingerprint density at radius 1 is 1.00 bits per heavy atom. The largest absolute Gasteiger partial charge is 0.462 e. The smallest absolute Gasteiger partial charge is 0.338 e. The second kappa shape index (κ2) is 10.3. The van der Waals surface area contributed by atoms with Crippen LogP contribution in [0.25, 0.3) is 16.8 Å². The van der Waals surface area contributed by atoms with Crippen molar-refractivity contribution in [3.05, 3.63) is 83.9 Å². The van der Waals surface area contributed by atoms with Crippen molar-refractivity contribution in [1.82, 2.24) is 5.32 Å². The summed E-state index contributed by atoms with van der Waals surface area (Å²) in [7, 11) is 0. The molecule has 30 heavy (non-hydrogen) atoms. The van der Waals surface area contributed by atoms with Crippen molar-refractivity contribution < 1.29 is 14.3 Å². The number of hydrogen-bond donors (Lipinski definition) is 2. The molecule has 0 aliphatic rings. The van der Waals surface area contributed by atoms with Crippen molar-refractivity contribution in [3.8, 4) is 0 Å². The molecule has 3 aromatic carbocycles. The molecule has 0 radical (unpaired) electrons. The van der Waals surface area contributed by atoms with Crippen LogP contribution in [0.2, 0.25) is 0 Å². The van der Waals surface area contributed by atoms with Crippen LogP contribution in [0.15, 0.2) is 72.8 Å². The van der Waals surface area contributed by atoms with Gasteiger partial charge in [-0.25, -0.2) is 4.79 Å². The van der Waals surface area contributed by atoms with E-state index in [4.69, 9.17) is 17.0 Å². The molecule has 0 heterocycles. The third kappa shape index (κ3) is 5.75. The molecule has 0 aliphatic heterocycles. The first-order valence-corrected chi connectivity index (χ1v) is 10.0. The molecule has 0 saturated heterocycles. The lowest BCUT2D eigenvalue weighted by Crippen LogP contribution is -2.32. The van der Waals surface area contributed by atoms with E-state index in [1.54, 1.807) is 30.3 Å². The number of carbonyl (C=O) groups is 2. The van der Waals surface area contributed by atoms with Gasteiger partial charge in [0.15, 0.2) is 5.11 Å². The molecule has 2 N–H and O–H groups in total. The summed E-state index contributed by atoms with van der Waals surface area (Å²) in [4.78, 5) is 24.0. The van der Waals surface area contributed by atoms with Gasteiger partial charge in [0.25, 0.3) is 0 Å². The van der Waals surface area contributed by atoms with Gasteiger partial charge in [0.1, 0.15) is 0 Å². The number of fused-ring (bicyclic) bond motifs is 1. The highest BCUT2D eigenvalue weighted by Crippen LogP contribution is 2.19. The second-order valence-corrected chi connectivity index (χ2v) is 6.97. The Bertz CT molecular complexity index is 1090. The molecule has 1 amide bonds. The van der Waals surface area contributed by atoms with Crippen LogP contribution in [0.1, 0.15) is 29.3 Å². The zero-order chi connectivity index (χ0) is 21.3. The quantitative estimate of drug-likeness (QED) is 0.337. The van der Waals surface area contributed by atoms with Crippen molar-refractivity contribution in [3.63, 3.8) is 0 Å². The Kier molecular flexibility index (Phi) is 7.29. The van der Waals surface area contributed by atoms with Crippen LogP contribution < -0.4 is 10.6 Å². The van der Waals surface area contributed by atoms with Crippen molar-refractivity contribution in [2.24, 2.45) is 0 Å². The number of rotatable bonds is 6. The van der Waals surface area contributed by atoms with Crippen LogP contribution >= 0.6 is 12.2 Å². The fourth-order valence-corrected chi connectivity index (χ4v) is 3.06. The molecule has 0 atom stereocenters. The predicted molar refractivity (Wildman–Crippen MR) is 124 cm³/mol. The van der Waals surface area contributed by atoms with Crippen LogP contribution in [0.3, 0.4) is 0 Å². The van der Waals surface area contributed by atoms with E-state index in [0.717, 1.165) is 22.8 Å². The maximum atomic E-state index is 12.2. The Hall–Kier alpha value is -3.51. The number of esters is 1. The van der Waals surface area contributed by atoms with E-state index in [0.29, 0.717) is 17.9 Å². The molecule has 6 heteroatoms. The van der Waals surface area contributed by atoms with Crippen molar-refractivity contribution in [2.75, 3.05) is 11.9 Å². The summed E-state index contributed by atoms with van der Waals surface area (Å²) >= 11 is 5.19. The number of amides is 1. The van der Waals surface area contributed by atoms with Gasteiger partial charge in [-0.3, -0.25) is 10.1 Å². The summed E-state index contributed by atoms with van der Waals surface area (Å²) in [5.41, 5.74) is 2.07. The Morgan fingerprint density at radius 2 is 1.73 bits per heavy atom. The van der Waals surface area contributed by atoms with E-state index >= 15 is 0 Å². The minimum atomic E-state index is -0.363. The number of benzene rings is 3. The number of hydrogen-bond acceptors (Lipinski definition) is 4. The maximum absolute atomic E-state index is 12.2. The second-order valence-electron chi connectivity index (χ2n) is 6.56. The first-order chi connectivity index (χ1) is 14.6. The zero-order valence-electron chi connectivity index (χ0n) is 16.6. The summed E-state index contributed by atoms with van der Waals surface area (Å²) < 4.78 is 5.09. The molecule has 0 spiro atoms. The lowest BCUT2D eigenvalue weighted by Gasteiger charge is -2.09. The molecule has 152 valence electrons. The summed E-state index contributed by atoms with van der Waals surface area (Å²) in [6, 6.07) is 20.6. The molecule has 0 fully saturated rings. The number of ether oxygens (including phenoxy) is 1. The van der Waals surface area contributed by atoms with Crippen LogP contribution in [0.4, 0.5) is 5.69 Å². The highest BCUT2D eigenvalue weighted by atomic mass is 32.1. The Labute approximate surface area is 180 Å². The van der Waals surface area contributed by atoms with E-state index in [1.165, 1.54) is 6.08 Å². The molecule has 0 aliphatic carbocycles. The minimum Gasteiger partial charge on any atom is -0.462 e. The number of anilines is 1. The van der Waals surface area contributed by atoms with E-state index in [9.17, 15) is 9.59 Å². The van der Waals surface area contributed by atoms with Gasteiger partial charge in [-0.2, -0.15) is 0 Å². The zero-order valence-corrected chi connectivity index (χ0v) is 17.4. The van der Waals surface area contributed by atoms with Gasteiger partial charge in [-0.05, 0) is 65.3 Å². The number of thiocarbonyl (C=S) groups is 1. The Balaban J connectivity index is 1.56. The molecule has 3 rings (SSSR count). The van der Waals surface area contributed by atoms with Crippen LogP contribution in [-0.2, 0) is 9.53 Å². The lowest BCUT2D eigenvalue weighted by atomic mass is 10.0. The first kappa shape index (κ1) is 21.2.